The van der Waals surface area contributed by atoms with Crippen molar-refractivity contribution >= 4 is 61.0 Å². The van der Waals surface area contributed by atoms with Gasteiger partial charge in [-0.3, -0.25) is 14.1 Å². The highest BCUT2D eigenvalue weighted by molar-refractivity contribution is 7.80. The summed E-state index contributed by atoms with van der Waals surface area (Å²) >= 11 is 0.997. The van der Waals surface area contributed by atoms with Gasteiger partial charge in [0.2, 0.25) is 0 Å². The monoisotopic (exact) mass is 691 g/mol. The summed E-state index contributed by atoms with van der Waals surface area (Å²) in [6.07, 6.45) is 1.94. The number of hydrogen-bond acceptors (Lipinski definition) is 13. The van der Waals surface area contributed by atoms with Gasteiger partial charge in [-0.1, -0.05) is 11.2 Å². The Balaban J connectivity index is 1.27. The van der Waals surface area contributed by atoms with E-state index in [9.17, 15) is 27.9 Å². The second-order valence-corrected chi connectivity index (χ2v) is 13.8. The van der Waals surface area contributed by atoms with Crippen LogP contribution in [0, 0.1) is 11.8 Å². The number of aromatic nitrogens is 2. The van der Waals surface area contributed by atoms with E-state index in [2.05, 4.69) is 30.4 Å². The van der Waals surface area contributed by atoms with E-state index in [1.807, 2.05) is 19.3 Å². The van der Waals surface area contributed by atoms with Crippen LogP contribution in [0.5, 0.6) is 5.75 Å². The number of oxime groups is 1. The summed E-state index contributed by atoms with van der Waals surface area (Å²) in [5, 5.41) is 20.8. The number of rotatable bonds is 15. The highest BCUT2D eigenvalue weighted by Crippen LogP contribution is 2.40. The van der Waals surface area contributed by atoms with Crippen molar-refractivity contribution < 1.29 is 50.9 Å². The Kier molecular flexibility index (Phi) is 9.78. The summed E-state index contributed by atoms with van der Waals surface area (Å²) in [4.78, 5) is 47.3. The van der Waals surface area contributed by atoms with Gasteiger partial charge < -0.3 is 25.7 Å². The third-order valence-corrected chi connectivity index (χ3v) is 9.26. The number of nitrogen functional groups attached to an aromatic ring is 1. The zero-order chi connectivity index (χ0) is 34.1. The minimum Gasteiger partial charge on any atom is -0.489 e. The number of aliphatic carboxylic acids is 1. The maximum atomic E-state index is 13.4. The number of ether oxygens (including phenoxy) is 1. The Hall–Kier alpha value is -4.23. The van der Waals surface area contributed by atoms with Gasteiger partial charge in [0, 0.05) is 29.7 Å². The van der Waals surface area contributed by atoms with Crippen LogP contribution in [-0.2, 0) is 47.4 Å². The molecule has 4 heterocycles. The molecule has 0 aliphatic carbocycles. The van der Waals surface area contributed by atoms with E-state index in [1.54, 1.807) is 12.1 Å². The number of nitrogens with two attached hydrogens (primary N) is 1. The van der Waals surface area contributed by atoms with E-state index in [1.165, 1.54) is 24.9 Å². The number of nitrogens with one attached hydrogen (secondary N) is 1. The summed E-state index contributed by atoms with van der Waals surface area (Å²) in [5.41, 5.74) is 5.22. The number of carbonyl (C=O) groups excluding carboxylic acids is 2. The molecule has 252 valence electrons. The molecular formula is C29H35N6O10S2+. The molecule has 2 aromatic heterocycles. The van der Waals surface area contributed by atoms with E-state index >= 15 is 0 Å². The fourth-order valence-electron chi connectivity index (χ4n) is 5.33. The van der Waals surface area contributed by atoms with Crippen LogP contribution >= 0.6 is 11.3 Å². The molecule has 3 aromatic rings. The zero-order valence-corrected chi connectivity index (χ0v) is 27.4. The van der Waals surface area contributed by atoms with Crippen molar-refractivity contribution in [1.29, 1.82) is 0 Å². The van der Waals surface area contributed by atoms with E-state index < -0.39 is 64.4 Å². The number of hydrogen-bond donors (Lipinski definition) is 4. The van der Waals surface area contributed by atoms with Crippen molar-refractivity contribution in [3.63, 3.8) is 0 Å². The van der Waals surface area contributed by atoms with Gasteiger partial charge in [0.05, 0.1) is 11.5 Å². The zero-order valence-electron chi connectivity index (χ0n) is 25.8. The van der Waals surface area contributed by atoms with Crippen LogP contribution in [-0.4, -0.2) is 82.8 Å². The van der Waals surface area contributed by atoms with Gasteiger partial charge in [-0.2, -0.15) is 13.5 Å². The van der Waals surface area contributed by atoms with Crippen LogP contribution in [0.25, 0.3) is 10.8 Å². The highest BCUT2D eigenvalue weighted by Gasteiger charge is 2.57. The molecule has 0 radical (unpaired) electrons. The number of anilines is 1. The average Bonchev–Trinajstić information content (AvgIpc) is 3.40. The van der Waals surface area contributed by atoms with Gasteiger partial charge in [-0.15, -0.1) is 15.6 Å². The number of ketones is 1. The average molecular weight is 692 g/mol. The van der Waals surface area contributed by atoms with Gasteiger partial charge in [-0.25, -0.2) is 14.3 Å². The molecular weight excluding hydrogens is 656 g/mol. The molecule has 0 spiro atoms. The van der Waals surface area contributed by atoms with Crippen molar-refractivity contribution in [2.45, 2.75) is 44.8 Å². The van der Waals surface area contributed by atoms with E-state index in [0.29, 0.717) is 16.7 Å². The lowest BCUT2D eigenvalue weighted by molar-refractivity contribution is -0.677. The van der Waals surface area contributed by atoms with Crippen LogP contribution in [0.15, 0.2) is 41.0 Å². The third kappa shape index (κ3) is 7.84. The standard InChI is InChI=1S/C29H34N6O10S2/c1-29(2)21(26(37)35(29)45-47(40,41)42)10-23(36)25(22-15-46-28(30)32-22)33-44-24(27(38)39)14-43-20-7-5-17-8-19(6-4-16-11-31-12-16)34(3)13-18(17)9-20/h5,7-9,13,15-16,21,24,31H,4,6,10-12,14H2,1-3H3,(H3-,30,32,38,39,40,41,42)/p+1/b33-25-/t21?,24-/m0/s1. The summed E-state index contributed by atoms with van der Waals surface area (Å²) in [6, 6.07) is 7.53. The van der Waals surface area contributed by atoms with Crippen molar-refractivity contribution in [2.75, 3.05) is 25.4 Å². The summed E-state index contributed by atoms with van der Waals surface area (Å²) < 4.78 is 43.4. The first-order chi connectivity index (χ1) is 22.1. The third-order valence-electron chi connectivity index (χ3n) is 8.25. The molecule has 2 aliphatic heterocycles. The van der Waals surface area contributed by atoms with Crippen LogP contribution in [0.3, 0.4) is 0 Å². The van der Waals surface area contributed by atoms with Crippen LogP contribution < -0.4 is 20.4 Å². The van der Waals surface area contributed by atoms with Gasteiger partial charge in [-0.05, 0) is 56.8 Å². The van der Waals surface area contributed by atoms with E-state index in [0.717, 1.165) is 48.0 Å². The lowest BCUT2D eigenvalue weighted by atomic mass is 9.74. The first-order valence-corrected chi connectivity index (χ1v) is 16.8. The summed E-state index contributed by atoms with van der Waals surface area (Å²) in [6.45, 7) is 4.52. The molecule has 47 heavy (non-hydrogen) atoms. The van der Waals surface area contributed by atoms with Crippen molar-refractivity contribution in [2.24, 2.45) is 24.0 Å². The maximum absolute atomic E-state index is 13.4. The Morgan fingerprint density at radius 3 is 2.62 bits per heavy atom. The number of carbonyl (C=O) groups is 3. The molecule has 18 heteroatoms. The molecule has 2 aliphatic rings. The molecule has 2 saturated heterocycles. The summed E-state index contributed by atoms with van der Waals surface area (Å²) in [7, 11) is -3.00. The Morgan fingerprint density at radius 1 is 1.28 bits per heavy atom. The van der Waals surface area contributed by atoms with Gasteiger partial charge in [0.15, 0.2) is 28.5 Å². The second kappa shape index (κ2) is 13.5. The SMILES string of the molecule is C[n+]1cc2cc(OC[C@H](O/N=C(\C(=O)CC3C(=O)N(OS(=O)(=O)O)C3(C)C)c3csc(N)n3)C(=O)O)ccc2cc1CCC1CNC1. The molecule has 5 rings (SSSR count). The number of fused-ring (bicyclic) bond motifs is 1. The fourth-order valence-corrected chi connectivity index (χ4v) is 6.33. The minimum absolute atomic E-state index is 0.00991. The van der Waals surface area contributed by atoms with Crippen LogP contribution in [0.1, 0.15) is 38.1 Å². The maximum Gasteiger partial charge on any atom is 0.418 e. The quantitative estimate of drug-likeness (QED) is 0.0576. The van der Waals surface area contributed by atoms with Crippen molar-refractivity contribution in [3.8, 4) is 5.75 Å². The molecule has 2 atom stereocenters. The first-order valence-electron chi connectivity index (χ1n) is 14.6. The molecule has 16 nitrogen and oxygen atoms in total. The molecule has 2 fully saturated rings. The Labute approximate surface area is 274 Å². The highest BCUT2D eigenvalue weighted by atomic mass is 32.3. The lowest BCUT2D eigenvalue weighted by Crippen LogP contribution is -2.68. The first kappa shape index (κ1) is 34.1. The summed E-state index contributed by atoms with van der Waals surface area (Å²) in [5.74, 6) is -3.01. The molecule has 1 aromatic carbocycles. The number of aryl methyl sites for hydroxylation is 2. The topological polar surface area (TPSA) is 224 Å². The number of hydroxylamine groups is 2. The Bertz CT molecular complexity index is 1840. The normalized spacial score (nSPS) is 18.8. The van der Waals surface area contributed by atoms with Gasteiger partial charge in [0.25, 0.3) is 12.0 Å². The van der Waals surface area contributed by atoms with E-state index in [4.69, 9.17) is 19.9 Å². The number of carboxylic acid groups (broad SMARTS) is 1. The van der Waals surface area contributed by atoms with Gasteiger partial charge >= 0.3 is 16.4 Å². The number of carboxylic acids is 1. The second-order valence-electron chi connectivity index (χ2n) is 12.0. The van der Waals surface area contributed by atoms with Gasteiger partial charge in [0.1, 0.15) is 25.1 Å². The number of pyridine rings is 1. The number of benzene rings is 1. The molecule has 1 unspecified atom stereocenters. The van der Waals surface area contributed by atoms with Crippen LogP contribution in [0.4, 0.5) is 5.13 Å². The smallest absolute Gasteiger partial charge is 0.418 e. The number of amides is 1. The van der Waals surface area contributed by atoms with E-state index in [-0.39, 0.29) is 10.8 Å². The number of nitrogens with zero attached hydrogens (tertiary/aromatic N) is 4. The minimum atomic E-state index is -4.98. The number of thiazole rings is 1. The largest absolute Gasteiger partial charge is 0.489 e. The molecule has 5 N–H and O–H groups in total. The molecule has 0 bridgehead atoms. The fraction of sp³-hybridized carbons (Fsp3) is 0.448. The number of Topliss-reactive ketones (excluding diaryl/α,β-unsaturated/α-hetero) is 1. The van der Waals surface area contributed by atoms with Crippen molar-refractivity contribution in [3.05, 3.63) is 47.2 Å². The molecule has 0 saturated carbocycles. The number of β-lactam (4-membered cyclic amide) rings is 1. The van der Waals surface area contributed by atoms with Crippen LogP contribution in [0.2, 0.25) is 0 Å². The predicted octanol–water partition coefficient (Wildman–Crippen LogP) is 1.04. The Morgan fingerprint density at radius 2 is 2.02 bits per heavy atom. The molecule has 1 amide bonds. The predicted molar refractivity (Wildman–Crippen MR) is 168 cm³/mol. The lowest BCUT2D eigenvalue weighted by Gasteiger charge is -2.50. The van der Waals surface area contributed by atoms with Crippen molar-refractivity contribution in [1.82, 2.24) is 15.4 Å².